The lowest BCUT2D eigenvalue weighted by Gasteiger charge is -2.05. The Labute approximate surface area is 93.5 Å². The van der Waals surface area contributed by atoms with Gasteiger partial charge in [-0.05, 0) is 13.0 Å². The van der Waals surface area contributed by atoms with Crippen LogP contribution in [0, 0.1) is 18.6 Å². The number of pyridine rings is 1. The summed E-state index contributed by atoms with van der Waals surface area (Å²) in [7, 11) is 0. The fraction of sp³-hybridized carbons (Fsp3) is 0.0909. The van der Waals surface area contributed by atoms with Gasteiger partial charge in [-0.25, -0.2) is 13.6 Å². The van der Waals surface area contributed by atoms with Gasteiger partial charge >= 0.3 is 5.97 Å². The number of hydrogen-bond acceptors (Lipinski definition) is 2. The molecule has 0 aliphatic carbocycles. The van der Waals surface area contributed by atoms with Crippen molar-refractivity contribution in [2.24, 2.45) is 0 Å². The molecule has 0 radical (unpaired) electrons. The molecule has 1 aromatic heterocycles. The summed E-state index contributed by atoms with van der Waals surface area (Å²) in [6.45, 7) is 1.28. The molecule has 0 aliphatic rings. The van der Waals surface area contributed by atoms with Gasteiger partial charge in [0, 0.05) is 11.6 Å². The first kappa shape index (κ1) is 11.3. The third-order valence-electron chi connectivity index (χ3n) is 2.48. The Morgan fingerprint density at radius 3 is 2.59 bits per heavy atom. The van der Waals surface area contributed by atoms with Crippen molar-refractivity contribution in [3.63, 3.8) is 0 Å². The number of aromatic carboxylic acids is 1. The molecular weight excluding hydrogens is 232 g/mol. The second-order valence-corrected chi connectivity index (χ2v) is 3.57. The molecule has 0 aliphatic heterocycles. The highest BCUT2D eigenvalue weighted by Gasteiger charge is 2.16. The van der Waals surface area contributed by atoms with Crippen LogP contribution in [-0.4, -0.2) is 16.1 Å². The van der Waals surface area contributed by atoms with E-state index in [1.54, 1.807) is 0 Å². The van der Waals surface area contributed by atoms with Crippen LogP contribution in [0.25, 0.3) is 10.9 Å². The number of H-pyrrole nitrogens is 1. The highest BCUT2D eigenvalue weighted by molar-refractivity contribution is 5.91. The van der Waals surface area contributed by atoms with Gasteiger partial charge in [0.25, 0.3) is 0 Å². The summed E-state index contributed by atoms with van der Waals surface area (Å²) in [5.74, 6) is -3.26. The Bertz CT molecular complexity index is 691. The van der Waals surface area contributed by atoms with E-state index in [1.807, 2.05) is 0 Å². The maximum atomic E-state index is 13.4. The van der Waals surface area contributed by atoms with Crippen molar-refractivity contribution in [2.45, 2.75) is 6.92 Å². The van der Waals surface area contributed by atoms with Crippen LogP contribution in [0.2, 0.25) is 0 Å². The van der Waals surface area contributed by atoms with Gasteiger partial charge in [-0.3, -0.25) is 4.79 Å². The maximum Gasteiger partial charge on any atom is 0.352 e. The van der Waals surface area contributed by atoms with E-state index in [-0.39, 0.29) is 16.5 Å². The van der Waals surface area contributed by atoms with Crippen molar-refractivity contribution in [2.75, 3.05) is 0 Å². The van der Waals surface area contributed by atoms with Crippen LogP contribution < -0.4 is 5.43 Å². The molecule has 2 aromatic rings. The fourth-order valence-corrected chi connectivity index (χ4v) is 1.63. The van der Waals surface area contributed by atoms with E-state index in [4.69, 9.17) is 5.11 Å². The van der Waals surface area contributed by atoms with Crippen LogP contribution in [0.4, 0.5) is 8.78 Å². The van der Waals surface area contributed by atoms with E-state index in [0.29, 0.717) is 6.07 Å². The van der Waals surface area contributed by atoms with Crippen molar-refractivity contribution in [3.8, 4) is 0 Å². The van der Waals surface area contributed by atoms with Gasteiger partial charge in [0.05, 0.1) is 10.9 Å². The largest absolute Gasteiger partial charge is 0.477 e. The maximum absolute atomic E-state index is 13.4. The van der Waals surface area contributed by atoms with Crippen LogP contribution in [0.1, 0.15) is 16.1 Å². The zero-order chi connectivity index (χ0) is 12.7. The monoisotopic (exact) mass is 239 g/mol. The highest BCUT2D eigenvalue weighted by atomic mass is 19.1. The van der Waals surface area contributed by atoms with E-state index in [2.05, 4.69) is 4.98 Å². The first-order chi connectivity index (χ1) is 7.91. The van der Waals surface area contributed by atoms with Gasteiger partial charge in [0.2, 0.25) is 0 Å². The summed E-state index contributed by atoms with van der Waals surface area (Å²) < 4.78 is 26.4. The molecule has 88 valence electrons. The quantitative estimate of drug-likeness (QED) is 0.797. The van der Waals surface area contributed by atoms with Crippen LogP contribution >= 0.6 is 0 Å². The van der Waals surface area contributed by atoms with Crippen LogP contribution in [0.3, 0.4) is 0 Å². The molecule has 1 aromatic carbocycles. The number of aromatic nitrogens is 1. The third kappa shape index (κ3) is 1.67. The molecule has 0 saturated heterocycles. The number of benzene rings is 1. The summed E-state index contributed by atoms with van der Waals surface area (Å²) >= 11 is 0. The number of carboxylic acid groups (broad SMARTS) is 1. The van der Waals surface area contributed by atoms with E-state index < -0.39 is 28.7 Å². The number of carboxylic acids is 1. The van der Waals surface area contributed by atoms with Crippen molar-refractivity contribution >= 4 is 16.9 Å². The third-order valence-corrected chi connectivity index (χ3v) is 2.48. The number of carbonyl (C=O) groups is 1. The molecule has 0 saturated carbocycles. The number of rotatable bonds is 1. The van der Waals surface area contributed by atoms with Gasteiger partial charge < -0.3 is 10.1 Å². The summed E-state index contributed by atoms with van der Waals surface area (Å²) in [5, 5.41) is 8.62. The smallest absolute Gasteiger partial charge is 0.352 e. The van der Waals surface area contributed by atoms with Crippen LogP contribution in [0.15, 0.2) is 16.9 Å². The van der Waals surface area contributed by atoms with Crippen LogP contribution in [-0.2, 0) is 0 Å². The molecule has 0 spiro atoms. The minimum Gasteiger partial charge on any atom is -0.477 e. The number of fused-ring (bicyclic) bond motifs is 1. The standard InChI is InChI=1S/C11H7F2NO3/c1-4-8(11(16)17)14-9-6(10(4)15)2-5(12)3-7(9)13/h2-3H,1H3,(H,14,15)(H,16,17). The van der Waals surface area contributed by atoms with Gasteiger partial charge in [-0.2, -0.15) is 0 Å². The second kappa shape index (κ2) is 3.65. The van der Waals surface area contributed by atoms with Crippen molar-refractivity contribution in [3.05, 3.63) is 45.2 Å². The molecule has 0 unspecified atom stereocenters. The minimum atomic E-state index is -1.37. The number of hydrogen-bond donors (Lipinski definition) is 2. The highest BCUT2D eigenvalue weighted by Crippen LogP contribution is 2.16. The Morgan fingerprint density at radius 2 is 2.00 bits per heavy atom. The molecular formula is C11H7F2NO3. The molecule has 0 amide bonds. The van der Waals surface area contributed by atoms with Gasteiger partial charge in [0.15, 0.2) is 5.43 Å². The molecule has 0 fully saturated rings. The molecule has 0 bridgehead atoms. The average molecular weight is 239 g/mol. The van der Waals surface area contributed by atoms with E-state index in [1.165, 1.54) is 6.92 Å². The van der Waals surface area contributed by atoms with Crippen molar-refractivity contribution in [1.82, 2.24) is 4.98 Å². The normalized spacial score (nSPS) is 10.8. The Balaban J connectivity index is 3.01. The SMILES string of the molecule is Cc1c(C(=O)O)[nH]c2c(F)cc(F)cc2c1=O. The summed E-state index contributed by atoms with van der Waals surface area (Å²) in [5.41, 5.74) is -1.49. The number of nitrogens with one attached hydrogen (secondary N) is 1. The zero-order valence-corrected chi connectivity index (χ0v) is 8.67. The summed E-state index contributed by atoms with van der Waals surface area (Å²) in [4.78, 5) is 24.9. The molecule has 1 heterocycles. The first-order valence-electron chi connectivity index (χ1n) is 4.66. The summed E-state index contributed by atoms with van der Waals surface area (Å²) in [6, 6.07) is 1.45. The lowest BCUT2D eigenvalue weighted by molar-refractivity contribution is 0.0690. The molecule has 2 rings (SSSR count). The fourth-order valence-electron chi connectivity index (χ4n) is 1.63. The Morgan fingerprint density at radius 1 is 1.35 bits per heavy atom. The van der Waals surface area contributed by atoms with E-state index >= 15 is 0 Å². The number of aromatic amines is 1. The Kier molecular flexibility index (Phi) is 2.42. The average Bonchev–Trinajstić information content (AvgIpc) is 2.23. The lowest BCUT2D eigenvalue weighted by Crippen LogP contribution is -2.16. The predicted octanol–water partition coefficient (Wildman–Crippen LogP) is 1.81. The molecule has 4 nitrogen and oxygen atoms in total. The van der Waals surface area contributed by atoms with Gasteiger partial charge in [-0.1, -0.05) is 0 Å². The molecule has 17 heavy (non-hydrogen) atoms. The minimum absolute atomic E-state index is 0.0880. The van der Waals surface area contributed by atoms with E-state index in [0.717, 1.165) is 6.07 Å². The van der Waals surface area contributed by atoms with Gasteiger partial charge in [-0.15, -0.1) is 0 Å². The molecule has 0 atom stereocenters. The van der Waals surface area contributed by atoms with Crippen molar-refractivity contribution in [1.29, 1.82) is 0 Å². The zero-order valence-electron chi connectivity index (χ0n) is 8.67. The molecule has 6 heteroatoms. The first-order valence-corrected chi connectivity index (χ1v) is 4.66. The summed E-state index contributed by atoms with van der Waals surface area (Å²) in [6.07, 6.45) is 0. The predicted molar refractivity (Wildman–Crippen MR) is 56.2 cm³/mol. The second-order valence-electron chi connectivity index (χ2n) is 3.57. The van der Waals surface area contributed by atoms with Crippen LogP contribution in [0.5, 0.6) is 0 Å². The lowest BCUT2D eigenvalue weighted by atomic mass is 10.1. The van der Waals surface area contributed by atoms with Crippen molar-refractivity contribution < 1.29 is 18.7 Å². The molecule has 2 N–H and O–H groups in total. The topological polar surface area (TPSA) is 70.2 Å². The Hall–Kier alpha value is -2.24. The van der Waals surface area contributed by atoms with Gasteiger partial charge in [0.1, 0.15) is 17.3 Å². The number of halogens is 2. The van der Waals surface area contributed by atoms with E-state index in [9.17, 15) is 18.4 Å².